The molecule has 0 bridgehead atoms. The molecule has 0 aliphatic heterocycles. The van der Waals surface area contributed by atoms with Gasteiger partial charge in [-0.2, -0.15) is 0 Å². The molecule has 0 saturated heterocycles. The summed E-state index contributed by atoms with van der Waals surface area (Å²) in [7, 11) is 1.22. The van der Waals surface area contributed by atoms with Gasteiger partial charge in [0.15, 0.2) is 0 Å². The van der Waals surface area contributed by atoms with Crippen LogP contribution < -0.4 is 9.16 Å². The molecule has 0 aromatic heterocycles. The lowest BCUT2D eigenvalue weighted by Gasteiger charge is -2.29. The lowest BCUT2D eigenvalue weighted by molar-refractivity contribution is -0.146. The average molecular weight is 310 g/mol. The lowest BCUT2D eigenvalue weighted by Crippen LogP contribution is -2.34. The molecule has 0 unspecified atom stereocenters. The summed E-state index contributed by atoms with van der Waals surface area (Å²) in [6, 6.07) is 3.82. The van der Waals surface area contributed by atoms with E-state index in [-0.39, 0.29) is 5.97 Å². The first-order chi connectivity index (χ1) is 9.52. The van der Waals surface area contributed by atoms with E-state index in [0.717, 1.165) is 22.6 Å². The van der Waals surface area contributed by atoms with Crippen LogP contribution in [0, 0.1) is 6.92 Å². The molecule has 0 fully saturated rings. The van der Waals surface area contributed by atoms with Crippen LogP contribution in [0.4, 0.5) is 0 Å². The van der Waals surface area contributed by atoms with Gasteiger partial charge in [-0.3, -0.25) is 4.79 Å². The number of rotatable bonds is 5. The normalized spacial score (nSPS) is 12.0. The van der Waals surface area contributed by atoms with Crippen LogP contribution in [0.2, 0.25) is 19.6 Å². The number of hydrogen-bond acceptors (Lipinski definition) is 4. The maximum absolute atomic E-state index is 12.1. The van der Waals surface area contributed by atoms with Crippen LogP contribution in [-0.2, 0) is 14.9 Å². The standard InChI is InChI=1S/C16H26O4Si/c1-11-9-14(20-21(6,7)8)12(10-13(11)18-4)16(2,3)15(17)19-5/h9-10H,1-8H3. The van der Waals surface area contributed by atoms with E-state index in [1.54, 1.807) is 7.11 Å². The van der Waals surface area contributed by atoms with Crippen LogP contribution in [0.15, 0.2) is 12.1 Å². The third-order valence-corrected chi connectivity index (χ3v) is 4.11. The predicted molar refractivity (Wildman–Crippen MR) is 86.7 cm³/mol. The molecule has 118 valence electrons. The SMILES string of the molecule is COC(=O)C(C)(C)c1cc(OC)c(C)cc1O[Si](C)(C)C. The lowest BCUT2D eigenvalue weighted by atomic mass is 9.83. The highest BCUT2D eigenvalue weighted by molar-refractivity contribution is 6.70. The predicted octanol–water partition coefficient (Wildman–Crippen LogP) is 3.67. The van der Waals surface area contributed by atoms with Crippen molar-refractivity contribution in [1.29, 1.82) is 0 Å². The Morgan fingerprint density at radius 3 is 2.10 bits per heavy atom. The van der Waals surface area contributed by atoms with E-state index in [1.165, 1.54) is 7.11 Å². The van der Waals surface area contributed by atoms with E-state index >= 15 is 0 Å². The summed E-state index contributed by atoms with van der Waals surface area (Å²) in [6.45, 7) is 12.0. The Hall–Kier alpha value is -1.49. The van der Waals surface area contributed by atoms with Crippen molar-refractivity contribution in [2.75, 3.05) is 14.2 Å². The van der Waals surface area contributed by atoms with Crippen molar-refractivity contribution in [3.8, 4) is 11.5 Å². The topological polar surface area (TPSA) is 44.8 Å². The van der Waals surface area contributed by atoms with Crippen molar-refractivity contribution in [3.63, 3.8) is 0 Å². The maximum Gasteiger partial charge on any atom is 0.315 e. The first-order valence-corrected chi connectivity index (χ1v) is 10.4. The van der Waals surface area contributed by atoms with E-state index in [9.17, 15) is 4.79 Å². The monoisotopic (exact) mass is 310 g/mol. The third-order valence-electron chi connectivity index (χ3n) is 3.28. The molecule has 1 rings (SSSR count). The first-order valence-electron chi connectivity index (χ1n) is 6.99. The number of benzene rings is 1. The van der Waals surface area contributed by atoms with Gasteiger partial charge in [0.1, 0.15) is 11.5 Å². The summed E-state index contributed by atoms with van der Waals surface area (Å²) >= 11 is 0. The van der Waals surface area contributed by atoms with Crippen LogP contribution in [0.5, 0.6) is 11.5 Å². The second kappa shape index (κ2) is 6.09. The fourth-order valence-corrected chi connectivity index (χ4v) is 2.98. The molecule has 0 N–H and O–H groups in total. The van der Waals surface area contributed by atoms with E-state index in [2.05, 4.69) is 19.6 Å². The average Bonchev–Trinajstić information content (AvgIpc) is 2.35. The Morgan fingerprint density at radius 1 is 1.10 bits per heavy atom. The minimum absolute atomic E-state index is 0.297. The van der Waals surface area contributed by atoms with E-state index in [0.29, 0.717) is 0 Å². The summed E-state index contributed by atoms with van der Waals surface area (Å²) < 4.78 is 16.5. The number of aryl methyl sites for hydroxylation is 1. The second-order valence-corrected chi connectivity index (χ2v) is 11.1. The molecule has 0 saturated carbocycles. The van der Waals surface area contributed by atoms with Crippen molar-refractivity contribution in [2.24, 2.45) is 0 Å². The van der Waals surface area contributed by atoms with Gasteiger partial charge in [-0.25, -0.2) is 0 Å². The van der Waals surface area contributed by atoms with Gasteiger partial charge in [0.2, 0.25) is 8.32 Å². The van der Waals surface area contributed by atoms with E-state index < -0.39 is 13.7 Å². The largest absolute Gasteiger partial charge is 0.544 e. The van der Waals surface area contributed by atoms with Crippen LogP contribution in [0.1, 0.15) is 25.0 Å². The molecule has 0 atom stereocenters. The van der Waals surface area contributed by atoms with Crippen molar-refractivity contribution >= 4 is 14.3 Å². The minimum Gasteiger partial charge on any atom is -0.544 e. The smallest absolute Gasteiger partial charge is 0.315 e. The summed E-state index contributed by atoms with van der Waals surface area (Å²) in [4.78, 5) is 12.1. The molecule has 0 aliphatic carbocycles. The van der Waals surface area contributed by atoms with Gasteiger partial charge in [0, 0.05) is 5.56 Å². The molecule has 4 nitrogen and oxygen atoms in total. The molecule has 0 amide bonds. The number of carbonyl (C=O) groups excluding carboxylic acids is 1. The number of ether oxygens (including phenoxy) is 2. The van der Waals surface area contributed by atoms with Crippen LogP contribution in [-0.4, -0.2) is 28.5 Å². The molecule has 0 spiro atoms. The Morgan fingerprint density at radius 2 is 1.67 bits per heavy atom. The van der Waals surface area contributed by atoms with Crippen molar-refractivity contribution < 1.29 is 18.7 Å². The summed E-state index contributed by atoms with van der Waals surface area (Å²) in [6.07, 6.45) is 0. The maximum atomic E-state index is 12.1. The summed E-state index contributed by atoms with van der Waals surface area (Å²) in [5, 5.41) is 0. The molecule has 0 heterocycles. The van der Waals surface area contributed by atoms with Gasteiger partial charge in [0.05, 0.1) is 19.6 Å². The number of esters is 1. The summed E-state index contributed by atoms with van der Waals surface area (Å²) in [5.41, 5.74) is 0.972. The van der Waals surface area contributed by atoms with E-state index in [1.807, 2.05) is 32.9 Å². The number of hydrogen-bond donors (Lipinski definition) is 0. The number of methoxy groups -OCH3 is 2. The van der Waals surface area contributed by atoms with Crippen molar-refractivity contribution in [2.45, 2.75) is 45.8 Å². The Bertz CT molecular complexity index is 530. The molecule has 1 aromatic rings. The summed E-state index contributed by atoms with van der Waals surface area (Å²) in [5.74, 6) is 1.18. The highest BCUT2D eigenvalue weighted by atomic mass is 28.4. The molecule has 0 radical (unpaired) electrons. The van der Waals surface area contributed by atoms with Gasteiger partial charge >= 0.3 is 5.97 Å². The fraction of sp³-hybridized carbons (Fsp3) is 0.562. The van der Waals surface area contributed by atoms with Gasteiger partial charge < -0.3 is 13.9 Å². The highest BCUT2D eigenvalue weighted by Gasteiger charge is 2.35. The van der Waals surface area contributed by atoms with Crippen LogP contribution in [0.3, 0.4) is 0 Å². The number of carbonyl (C=O) groups is 1. The Labute approximate surface area is 128 Å². The molecule has 1 aromatic carbocycles. The molecular formula is C16H26O4Si. The minimum atomic E-state index is -1.80. The molecule has 21 heavy (non-hydrogen) atoms. The van der Waals surface area contributed by atoms with Gasteiger partial charge in [0.25, 0.3) is 0 Å². The molecular weight excluding hydrogens is 284 g/mol. The highest BCUT2D eigenvalue weighted by Crippen LogP contribution is 2.38. The quantitative estimate of drug-likeness (QED) is 0.615. The van der Waals surface area contributed by atoms with Crippen molar-refractivity contribution in [1.82, 2.24) is 0 Å². The van der Waals surface area contributed by atoms with Crippen LogP contribution in [0.25, 0.3) is 0 Å². The fourth-order valence-electron chi connectivity index (χ4n) is 2.15. The zero-order chi connectivity index (χ0) is 16.4. The zero-order valence-electron chi connectivity index (χ0n) is 14.3. The molecule has 0 aliphatic rings. The van der Waals surface area contributed by atoms with Gasteiger partial charge in [-0.15, -0.1) is 0 Å². The Kier molecular flexibility index (Phi) is 5.10. The van der Waals surface area contributed by atoms with Crippen LogP contribution >= 0.6 is 0 Å². The molecule has 5 heteroatoms. The van der Waals surface area contributed by atoms with E-state index in [4.69, 9.17) is 13.9 Å². The van der Waals surface area contributed by atoms with Gasteiger partial charge in [-0.1, -0.05) is 0 Å². The zero-order valence-corrected chi connectivity index (χ0v) is 15.3. The third kappa shape index (κ3) is 4.00. The second-order valence-electron chi connectivity index (χ2n) is 6.65. The Balaban J connectivity index is 3.49. The first kappa shape index (κ1) is 17.6. The van der Waals surface area contributed by atoms with Crippen molar-refractivity contribution in [3.05, 3.63) is 23.3 Å². The van der Waals surface area contributed by atoms with Gasteiger partial charge in [-0.05, 0) is 58.1 Å².